The van der Waals surface area contributed by atoms with E-state index in [0.29, 0.717) is 5.67 Å². The third-order valence-corrected chi connectivity index (χ3v) is 2.29. The van der Waals surface area contributed by atoms with Crippen molar-refractivity contribution >= 4 is 16.1 Å². The Balaban J connectivity index is 3.46. The molecule has 0 aliphatic heterocycles. The van der Waals surface area contributed by atoms with Gasteiger partial charge < -0.3 is 5.32 Å². The topological polar surface area (TPSA) is 29.1 Å². The molecule has 1 atom stereocenters. The highest BCUT2D eigenvalue weighted by Crippen LogP contribution is 1.82. The Labute approximate surface area is 58.8 Å². The van der Waals surface area contributed by atoms with Crippen molar-refractivity contribution in [1.82, 2.24) is 5.32 Å². The molecule has 0 radical (unpaired) electrons. The average molecular weight is 143 g/mol. The van der Waals surface area contributed by atoms with Gasteiger partial charge in [0.1, 0.15) is 0 Å². The summed E-state index contributed by atoms with van der Waals surface area (Å²) in [6.45, 7) is 5.41. The summed E-state index contributed by atoms with van der Waals surface area (Å²) in [6.07, 6.45) is 2.33. The summed E-state index contributed by atoms with van der Waals surface area (Å²) < 4.78 is 0. The van der Waals surface area contributed by atoms with Gasteiger partial charge in [0.15, 0.2) is 0 Å². The molecule has 1 N–H and O–H groups in total. The smallest absolute Gasteiger partial charge is 0.243 e. The molecule has 3 heteroatoms. The van der Waals surface area contributed by atoms with E-state index in [-0.39, 0.29) is 5.91 Å². The second-order valence-corrected chi connectivity index (χ2v) is 3.42. The third kappa shape index (κ3) is 3.97. The van der Waals surface area contributed by atoms with Crippen molar-refractivity contribution < 1.29 is 4.79 Å². The zero-order valence-corrected chi connectivity index (χ0v) is 7.98. The summed E-state index contributed by atoms with van der Waals surface area (Å²) >= 11 is 0. The van der Waals surface area contributed by atoms with Gasteiger partial charge in [-0.2, -0.15) is 0 Å². The molecule has 1 amide bonds. The van der Waals surface area contributed by atoms with Gasteiger partial charge in [-0.05, 0) is 12.5 Å². The Kier molecular flexibility index (Phi) is 4.04. The van der Waals surface area contributed by atoms with Crippen LogP contribution in [0.2, 0.25) is 0 Å². The summed E-state index contributed by atoms with van der Waals surface area (Å²) in [4.78, 5) is 10.6. The van der Waals surface area contributed by atoms with Gasteiger partial charge in [0.25, 0.3) is 0 Å². The van der Waals surface area contributed by atoms with E-state index in [9.17, 15) is 4.79 Å². The summed E-state index contributed by atoms with van der Waals surface area (Å²) in [6, 6.07) is 0. The van der Waals surface area contributed by atoms with Gasteiger partial charge >= 0.3 is 0 Å². The number of carbonyl (C=O) groups is 1. The van der Waals surface area contributed by atoms with Crippen molar-refractivity contribution in [3.63, 3.8) is 0 Å². The van der Waals surface area contributed by atoms with E-state index in [4.69, 9.17) is 0 Å². The summed E-state index contributed by atoms with van der Waals surface area (Å²) in [5.74, 6) is -0.0585. The number of amides is 1. The van der Waals surface area contributed by atoms with Crippen LogP contribution in [0.4, 0.5) is 0 Å². The maximum absolute atomic E-state index is 10.6. The van der Waals surface area contributed by atoms with Crippen LogP contribution in [0, 0.1) is 0 Å². The predicted molar refractivity (Wildman–Crippen MR) is 42.4 cm³/mol. The molecule has 0 saturated carbocycles. The van der Waals surface area contributed by atoms with Gasteiger partial charge in [-0.1, -0.05) is 13.5 Å². The minimum Gasteiger partial charge on any atom is -0.354 e. The van der Waals surface area contributed by atoms with E-state index in [2.05, 4.69) is 18.8 Å². The molecule has 0 spiro atoms. The second-order valence-electron chi connectivity index (χ2n) is 2.02. The summed E-state index contributed by atoms with van der Waals surface area (Å²) in [5.41, 5.74) is 0.399. The molecular formula is C6H13NOSi. The van der Waals surface area contributed by atoms with Crippen LogP contribution >= 0.6 is 0 Å². The molecule has 0 heterocycles. The standard InChI is InChI=1S/C6H13NOSi/c1-3-5(8)7-6(9)4-2/h3,6H,1,4H2,2,9H3,(H,7,8). The second kappa shape index (κ2) is 4.32. The number of hydrogen-bond donors (Lipinski definition) is 1. The molecule has 0 aromatic heterocycles. The SMILES string of the molecule is C=CC(=O)NC([SiH3])CC. The Morgan fingerprint density at radius 1 is 2.00 bits per heavy atom. The van der Waals surface area contributed by atoms with Crippen molar-refractivity contribution in [2.75, 3.05) is 0 Å². The van der Waals surface area contributed by atoms with Gasteiger partial charge in [0, 0.05) is 15.9 Å². The molecule has 9 heavy (non-hydrogen) atoms. The molecule has 0 fully saturated rings. The van der Waals surface area contributed by atoms with Crippen molar-refractivity contribution in [3.05, 3.63) is 12.7 Å². The van der Waals surface area contributed by atoms with Gasteiger partial charge in [-0.25, -0.2) is 0 Å². The van der Waals surface area contributed by atoms with E-state index >= 15 is 0 Å². The zero-order chi connectivity index (χ0) is 7.28. The number of carbonyl (C=O) groups excluding carboxylic acids is 1. The highest BCUT2D eigenvalue weighted by molar-refractivity contribution is 6.13. The summed E-state index contributed by atoms with van der Waals surface area (Å²) in [5, 5.41) is 2.78. The van der Waals surface area contributed by atoms with Gasteiger partial charge in [0.2, 0.25) is 5.91 Å². The van der Waals surface area contributed by atoms with Crippen molar-refractivity contribution in [2.24, 2.45) is 0 Å². The minimum absolute atomic E-state index is 0.0585. The molecule has 2 nitrogen and oxygen atoms in total. The van der Waals surface area contributed by atoms with Crippen molar-refractivity contribution in [1.29, 1.82) is 0 Å². The van der Waals surface area contributed by atoms with Crippen LogP contribution in [0.3, 0.4) is 0 Å². The van der Waals surface area contributed by atoms with Crippen LogP contribution in [-0.4, -0.2) is 21.8 Å². The van der Waals surface area contributed by atoms with Gasteiger partial charge in [0.05, 0.1) is 0 Å². The van der Waals surface area contributed by atoms with E-state index in [1.54, 1.807) is 0 Å². The number of nitrogens with one attached hydrogen (secondary N) is 1. The monoisotopic (exact) mass is 143 g/mol. The number of rotatable bonds is 3. The Hall–Kier alpha value is -0.573. The first-order chi connectivity index (χ1) is 4.20. The Morgan fingerprint density at radius 3 is 2.89 bits per heavy atom. The molecule has 1 unspecified atom stereocenters. The predicted octanol–water partition coefficient (Wildman–Crippen LogP) is -0.610. The van der Waals surface area contributed by atoms with Crippen LogP contribution in [0.5, 0.6) is 0 Å². The first kappa shape index (κ1) is 8.43. The molecule has 0 aliphatic carbocycles. The van der Waals surface area contributed by atoms with Gasteiger partial charge in [-0.3, -0.25) is 4.79 Å². The quantitative estimate of drug-likeness (QED) is 0.414. The minimum atomic E-state index is -0.0585. The van der Waals surface area contributed by atoms with E-state index < -0.39 is 0 Å². The van der Waals surface area contributed by atoms with Crippen LogP contribution in [-0.2, 0) is 4.79 Å². The lowest BCUT2D eigenvalue weighted by Crippen LogP contribution is -2.32. The highest BCUT2D eigenvalue weighted by Gasteiger charge is 1.98. The van der Waals surface area contributed by atoms with E-state index in [1.165, 1.54) is 6.08 Å². The fraction of sp³-hybridized carbons (Fsp3) is 0.500. The fourth-order valence-electron chi connectivity index (χ4n) is 0.404. The van der Waals surface area contributed by atoms with Crippen LogP contribution in [0.25, 0.3) is 0 Å². The lowest BCUT2D eigenvalue weighted by molar-refractivity contribution is -0.116. The fourth-order valence-corrected chi connectivity index (χ4v) is 0.688. The first-order valence-electron chi connectivity index (χ1n) is 3.13. The number of hydrogen-bond acceptors (Lipinski definition) is 1. The van der Waals surface area contributed by atoms with E-state index in [0.717, 1.165) is 16.7 Å². The highest BCUT2D eigenvalue weighted by atomic mass is 28.1. The Bertz CT molecular complexity index is 114. The molecule has 0 bridgehead atoms. The molecule has 0 aromatic rings. The zero-order valence-electron chi connectivity index (χ0n) is 5.98. The lowest BCUT2D eigenvalue weighted by atomic mass is 10.4. The largest absolute Gasteiger partial charge is 0.354 e. The van der Waals surface area contributed by atoms with Crippen molar-refractivity contribution in [2.45, 2.75) is 19.0 Å². The normalized spacial score (nSPS) is 12.6. The Morgan fingerprint density at radius 2 is 2.56 bits per heavy atom. The van der Waals surface area contributed by atoms with Crippen molar-refractivity contribution in [3.8, 4) is 0 Å². The van der Waals surface area contributed by atoms with E-state index in [1.807, 2.05) is 0 Å². The van der Waals surface area contributed by atoms with Crippen LogP contribution < -0.4 is 5.32 Å². The molecule has 0 saturated heterocycles. The molecule has 52 valence electrons. The molecule has 0 aromatic carbocycles. The van der Waals surface area contributed by atoms with Gasteiger partial charge in [-0.15, -0.1) is 0 Å². The lowest BCUT2D eigenvalue weighted by Gasteiger charge is -2.07. The van der Waals surface area contributed by atoms with Crippen LogP contribution in [0.1, 0.15) is 13.3 Å². The first-order valence-corrected chi connectivity index (χ1v) is 4.29. The third-order valence-electron chi connectivity index (χ3n) is 1.19. The molecular weight excluding hydrogens is 130 g/mol. The maximum Gasteiger partial charge on any atom is 0.243 e. The molecule has 0 aliphatic rings. The average Bonchev–Trinajstić information content (AvgIpc) is 1.87. The summed E-state index contributed by atoms with van der Waals surface area (Å²) in [7, 11) is 1.01. The maximum atomic E-state index is 10.6. The van der Waals surface area contributed by atoms with Crippen LogP contribution in [0.15, 0.2) is 12.7 Å². The molecule has 0 rings (SSSR count).